The van der Waals surface area contributed by atoms with Crippen molar-refractivity contribution in [2.45, 2.75) is 17.5 Å². The van der Waals surface area contributed by atoms with Crippen molar-refractivity contribution in [3.05, 3.63) is 82.0 Å². The van der Waals surface area contributed by atoms with E-state index in [2.05, 4.69) is 15.8 Å². The van der Waals surface area contributed by atoms with Crippen LogP contribution in [0.4, 0.5) is 33.5 Å². The molecule has 0 aliphatic carbocycles. The molecule has 4 rings (SSSR count). The van der Waals surface area contributed by atoms with Gasteiger partial charge in [-0.25, -0.2) is 22.2 Å². The first-order valence-electron chi connectivity index (χ1n) is 9.11. The van der Waals surface area contributed by atoms with Crippen LogP contribution in [0.2, 0.25) is 5.02 Å². The smallest absolute Gasteiger partial charge is 0.277 e. The Morgan fingerprint density at radius 1 is 1.09 bits per heavy atom. The van der Waals surface area contributed by atoms with Crippen molar-refractivity contribution in [1.82, 2.24) is 4.98 Å². The molecule has 0 bridgehead atoms. The van der Waals surface area contributed by atoms with Crippen molar-refractivity contribution >= 4 is 44.6 Å². The number of benzene rings is 2. The molecule has 0 spiro atoms. The molecule has 3 aromatic rings. The van der Waals surface area contributed by atoms with Crippen LogP contribution < -0.4 is 4.72 Å². The van der Waals surface area contributed by atoms with Gasteiger partial charge in [-0.1, -0.05) is 17.7 Å². The van der Waals surface area contributed by atoms with Crippen molar-refractivity contribution in [2.75, 3.05) is 4.72 Å². The SMILES string of the molecule is O=S(=O)(Nc1ccc(F)c(CC2=C=Nc3ncc(Cl)cc32)c1F)c1cccc(C(F)(F)F)c1. The molecule has 1 aliphatic heterocycles. The van der Waals surface area contributed by atoms with E-state index in [0.29, 0.717) is 17.7 Å². The van der Waals surface area contributed by atoms with E-state index in [0.717, 1.165) is 24.3 Å². The van der Waals surface area contributed by atoms with Crippen LogP contribution in [0.25, 0.3) is 5.57 Å². The van der Waals surface area contributed by atoms with Crippen molar-refractivity contribution in [3.8, 4) is 0 Å². The highest BCUT2D eigenvalue weighted by molar-refractivity contribution is 7.92. The van der Waals surface area contributed by atoms with Gasteiger partial charge in [-0.05, 0) is 42.3 Å². The minimum atomic E-state index is -4.77. The van der Waals surface area contributed by atoms with Crippen molar-refractivity contribution < 1.29 is 30.4 Å². The molecule has 0 radical (unpaired) electrons. The maximum absolute atomic E-state index is 15.1. The summed E-state index contributed by atoms with van der Waals surface area (Å²) in [6.45, 7) is 0. The molecule has 1 aromatic heterocycles. The van der Waals surface area contributed by atoms with Gasteiger partial charge < -0.3 is 0 Å². The average molecular weight is 500 g/mol. The fourth-order valence-electron chi connectivity index (χ4n) is 3.12. The second kappa shape index (κ2) is 8.26. The molecule has 5 nitrogen and oxygen atoms in total. The maximum Gasteiger partial charge on any atom is 0.416 e. The number of pyridine rings is 1. The lowest BCUT2D eigenvalue weighted by Gasteiger charge is -2.14. The number of sulfonamides is 1. The minimum Gasteiger partial charge on any atom is -0.277 e. The topological polar surface area (TPSA) is 71.4 Å². The zero-order valence-corrected chi connectivity index (χ0v) is 17.8. The van der Waals surface area contributed by atoms with E-state index in [4.69, 9.17) is 11.6 Å². The predicted molar refractivity (Wildman–Crippen MR) is 112 cm³/mol. The molecule has 0 saturated heterocycles. The zero-order valence-electron chi connectivity index (χ0n) is 16.2. The molecule has 1 aliphatic rings. The second-order valence-corrected chi connectivity index (χ2v) is 9.04. The van der Waals surface area contributed by atoms with Crippen LogP contribution in [0, 0.1) is 11.6 Å². The number of nitrogens with zero attached hydrogens (tertiary/aromatic N) is 2. The van der Waals surface area contributed by atoms with Crippen LogP contribution in [0.1, 0.15) is 16.7 Å². The summed E-state index contributed by atoms with van der Waals surface area (Å²) in [6, 6.07) is 6.12. The summed E-state index contributed by atoms with van der Waals surface area (Å²) in [5.41, 5.74) is -1.63. The third-order valence-corrected chi connectivity index (χ3v) is 6.28. The number of halogens is 6. The highest BCUT2D eigenvalue weighted by Gasteiger charge is 2.32. The number of rotatable bonds is 5. The first-order chi connectivity index (χ1) is 15.5. The number of aliphatic imine (C=N–C) groups is 1. The molecular formula is C21H11ClF5N3O2S. The highest BCUT2D eigenvalue weighted by Crippen LogP contribution is 2.34. The number of aromatic nitrogens is 1. The van der Waals surface area contributed by atoms with E-state index in [1.807, 2.05) is 4.72 Å². The first kappa shape index (κ1) is 22.9. The Labute approximate surface area is 189 Å². The standard InChI is InChI=1S/C21H11ClF5N3O2S/c22-13-8-15-11(9-28-20(15)29-10-13)6-16-17(23)4-5-18(19(16)24)30-33(31,32)14-3-1-2-12(7-14)21(25,26)27/h1-5,7-8,10,30H,6H2. The van der Waals surface area contributed by atoms with Crippen LogP contribution in [0.3, 0.4) is 0 Å². The van der Waals surface area contributed by atoms with Crippen LogP contribution >= 0.6 is 11.6 Å². The molecule has 2 heterocycles. The van der Waals surface area contributed by atoms with Gasteiger partial charge in [-0.2, -0.15) is 18.2 Å². The summed E-state index contributed by atoms with van der Waals surface area (Å²) in [5.74, 6) is 0.670. The molecule has 0 atom stereocenters. The minimum absolute atomic E-state index is 0.261. The summed E-state index contributed by atoms with van der Waals surface area (Å²) in [7, 11) is -4.61. The van der Waals surface area contributed by atoms with Gasteiger partial charge in [0.15, 0.2) is 11.6 Å². The third-order valence-electron chi connectivity index (χ3n) is 4.71. The fraction of sp³-hybridized carbons (Fsp3) is 0.0952. The Bertz CT molecular complexity index is 1450. The summed E-state index contributed by atoms with van der Waals surface area (Å²) in [6.07, 6.45) is -3.78. The summed E-state index contributed by atoms with van der Waals surface area (Å²) < 4.78 is 95.3. The molecule has 0 fully saturated rings. The van der Waals surface area contributed by atoms with Gasteiger partial charge in [0.2, 0.25) is 0 Å². The molecular weight excluding hydrogens is 489 g/mol. The van der Waals surface area contributed by atoms with E-state index >= 15 is 4.39 Å². The second-order valence-electron chi connectivity index (χ2n) is 6.92. The summed E-state index contributed by atoms with van der Waals surface area (Å²) in [4.78, 5) is 7.17. The summed E-state index contributed by atoms with van der Waals surface area (Å²) >= 11 is 5.91. The van der Waals surface area contributed by atoms with Crippen molar-refractivity contribution in [2.24, 2.45) is 4.99 Å². The van der Waals surface area contributed by atoms with E-state index in [9.17, 15) is 26.0 Å². The van der Waals surface area contributed by atoms with Crippen molar-refractivity contribution in [3.63, 3.8) is 0 Å². The lowest BCUT2D eigenvalue weighted by atomic mass is 9.99. The molecule has 0 amide bonds. The summed E-state index contributed by atoms with van der Waals surface area (Å²) in [5, 5.41) is 0.272. The van der Waals surface area contributed by atoms with Gasteiger partial charge in [-0.3, -0.25) is 4.72 Å². The van der Waals surface area contributed by atoms with Crippen LogP contribution in [0.15, 0.2) is 58.5 Å². The number of alkyl halides is 3. The number of nitrogens with one attached hydrogen (secondary N) is 1. The van der Waals surface area contributed by atoms with Gasteiger partial charge in [0.1, 0.15) is 5.82 Å². The Morgan fingerprint density at radius 2 is 1.85 bits per heavy atom. The molecule has 170 valence electrons. The maximum atomic E-state index is 15.1. The Morgan fingerprint density at radius 3 is 2.58 bits per heavy atom. The van der Waals surface area contributed by atoms with Gasteiger partial charge in [0, 0.05) is 29.3 Å². The number of anilines is 1. The first-order valence-corrected chi connectivity index (χ1v) is 11.0. The van der Waals surface area contributed by atoms with E-state index < -0.39 is 49.5 Å². The molecule has 12 heteroatoms. The lowest BCUT2D eigenvalue weighted by molar-refractivity contribution is -0.137. The number of hydrogen-bond acceptors (Lipinski definition) is 4. The van der Waals surface area contributed by atoms with Crippen LogP contribution in [-0.4, -0.2) is 19.3 Å². The number of hydrogen-bond donors (Lipinski definition) is 1. The quantitative estimate of drug-likeness (QED) is 0.453. The molecule has 1 N–H and O–H groups in total. The van der Waals surface area contributed by atoms with Crippen LogP contribution in [0.5, 0.6) is 0 Å². The number of fused-ring (bicyclic) bond motifs is 1. The van der Waals surface area contributed by atoms with Gasteiger partial charge in [0.25, 0.3) is 10.0 Å². The van der Waals surface area contributed by atoms with Gasteiger partial charge in [-0.15, -0.1) is 0 Å². The predicted octanol–water partition coefficient (Wildman–Crippen LogP) is 5.77. The van der Waals surface area contributed by atoms with E-state index in [-0.39, 0.29) is 22.8 Å². The molecule has 2 aromatic carbocycles. The molecule has 33 heavy (non-hydrogen) atoms. The fourth-order valence-corrected chi connectivity index (χ4v) is 4.38. The number of allylic oxidation sites excluding steroid dienone is 1. The lowest BCUT2D eigenvalue weighted by Crippen LogP contribution is -2.16. The monoisotopic (exact) mass is 499 g/mol. The van der Waals surface area contributed by atoms with Gasteiger partial charge >= 0.3 is 6.18 Å². The van der Waals surface area contributed by atoms with Crippen LogP contribution in [-0.2, 0) is 22.6 Å². The average Bonchev–Trinajstić information content (AvgIpc) is 3.14. The Kier molecular flexibility index (Phi) is 5.73. The normalized spacial score (nSPS) is 13.1. The van der Waals surface area contributed by atoms with Gasteiger partial charge in [0.05, 0.1) is 21.2 Å². The largest absolute Gasteiger partial charge is 0.416 e. The molecule has 0 saturated carbocycles. The Balaban J connectivity index is 1.66. The van der Waals surface area contributed by atoms with Crippen molar-refractivity contribution in [1.29, 1.82) is 0 Å². The van der Waals surface area contributed by atoms with E-state index in [1.54, 1.807) is 0 Å². The highest BCUT2D eigenvalue weighted by atomic mass is 35.5. The van der Waals surface area contributed by atoms with E-state index in [1.165, 1.54) is 12.3 Å². The molecule has 0 unspecified atom stereocenters. The Hall–Kier alpha value is -3.27. The third kappa shape index (κ3) is 4.61. The zero-order chi connectivity index (χ0) is 24.0.